The maximum atomic E-state index is 13.2. The van der Waals surface area contributed by atoms with E-state index in [1.165, 1.54) is 6.21 Å². The van der Waals surface area contributed by atoms with Crippen LogP contribution >= 0.6 is 0 Å². The highest BCUT2D eigenvalue weighted by Crippen LogP contribution is 2.30. The third kappa shape index (κ3) is 4.56. The van der Waals surface area contributed by atoms with Crippen LogP contribution in [0.15, 0.2) is 90.0 Å². The second-order valence-corrected chi connectivity index (χ2v) is 8.61. The van der Waals surface area contributed by atoms with Gasteiger partial charge >= 0.3 is 5.97 Å². The van der Waals surface area contributed by atoms with Gasteiger partial charge in [-0.3, -0.25) is 4.79 Å². The first-order chi connectivity index (χ1) is 17.2. The number of benzene rings is 3. The maximum absolute atomic E-state index is 13.2. The molecule has 0 aliphatic rings. The van der Waals surface area contributed by atoms with Crippen molar-refractivity contribution in [2.24, 2.45) is 5.10 Å². The van der Waals surface area contributed by atoms with Gasteiger partial charge in [-0.1, -0.05) is 60.7 Å². The monoisotopic (exact) mass is 481 g/mol. The lowest BCUT2D eigenvalue weighted by molar-refractivity contribution is -0.136. The first kappa shape index (κ1) is 24.6. The lowest BCUT2D eigenvalue weighted by atomic mass is 9.85. The lowest BCUT2D eigenvalue weighted by Crippen LogP contribution is -2.43. The summed E-state index contributed by atoms with van der Waals surface area (Å²) in [5.41, 5.74) is 5.94. The number of carboxylic acid groups (broad SMARTS) is 1. The van der Waals surface area contributed by atoms with Crippen molar-refractivity contribution in [1.29, 1.82) is 0 Å². The highest BCUT2D eigenvalue weighted by Gasteiger charge is 2.39. The Morgan fingerprint density at radius 3 is 2.00 bits per heavy atom. The van der Waals surface area contributed by atoms with Gasteiger partial charge in [-0.2, -0.15) is 5.10 Å². The molecule has 36 heavy (non-hydrogen) atoms. The fourth-order valence-electron chi connectivity index (χ4n) is 4.36. The van der Waals surface area contributed by atoms with E-state index < -0.39 is 17.5 Å². The Morgan fingerprint density at radius 1 is 0.889 bits per heavy atom. The van der Waals surface area contributed by atoms with Crippen molar-refractivity contribution < 1.29 is 19.8 Å². The molecule has 4 rings (SSSR count). The molecule has 3 aromatic carbocycles. The third-order valence-electron chi connectivity index (χ3n) is 6.24. The first-order valence-corrected chi connectivity index (χ1v) is 11.4. The maximum Gasteiger partial charge on any atom is 0.335 e. The molecule has 1 aromatic heterocycles. The summed E-state index contributed by atoms with van der Waals surface area (Å²) in [6, 6.07) is 24.4. The molecule has 0 saturated carbocycles. The van der Waals surface area contributed by atoms with Gasteiger partial charge in [0.05, 0.1) is 11.8 Å². The van der Waals surface area contributed by atoms with Gasteiger partial charge in [0.25, 0.3) is 5.91 Å². The molecular weight excluding hydrogens is 454 g/mol. The summed E-state index contributed by atoms with van der Waals surface area (Å²) in [5.74, 6) is -1.65. The van der Waals surface area contributed by atoms with E-state index in [4.69, 9.17) is 0 Å². The van der Waals surface area contributed by atoms with E-state index in [0.717, 1.165) is 28.2 Å². The summed E-state index contributed by atoms with van der Waals surface area (Å²) < 4.78 is 2.01. The Kier molecular flexibility index (Phi) is 6.85. The number of carbonyl (C=O) groups is 2. The Morgan fingerprint density at radius 2 is 1.47 bits per heavy atom. The van der Waals surface area contributed by atoms with Crippen LogP contribution in [-0.2, 0) is 10.4 Å². The molecule has 0 radical (unpaired) electrons. The number of amides is 1. The molecule has 4 aromatic rings. The molecule has 3 N–H and O–H groups in total. The molecule has 7 heteroatoms. The molecule has 0 atom stereocenters. The molecule has 0 bridgehead atoms. The Balaban J connectivity index is 1.62. The minimum Gasteiger partial charge on any atom is -0.478 e. The van der Waals surface area contributed by atoms with Crippen molar-refractivity contribution in [2.45, 2.75) is 26.4 Å². The van der Waals surface area contributed by atoms with Gasteiger partial charge in [0.1, 0.15) is 0 Å². The van der Waals surface area contributed by atoms with Crippen LogP contribution in [0.1, 0.15) is 44.0 Å². The second-order valence-electron chi connectivity index (χ2n) is 8.61. The van der Waals surface area contributed by atoms with Crippen molar-refractivity contribution in [2.75, 3.05) is 0 Å². The van der Waals surface area contributed by atoms with Gasteiger partial charge in [-0.15, -0.1) is 0 Å². The number of aromatic carboxylic acids is 1. The summed E-state index contributed by atoms with van der Waals surface area (Å²) in [4.78, 5) is 24.5. The van der Waals surface area contributed by atoms with Gasteiger partial charge in [0, 0.05) is 22.6 Å². The van der Waals surface area contributed by atoms with Crippen molar-refractivity contribution >= 4 is 18.1 Å². The van der Waals surface area contributed by atoms with Crippen LogP contribution in [0.4, 0.5) is 0 Å². The summed E-state index contributed by atoms with van der Waals surface area (Å²) in [7, 11) is 0. The minimum atomic E-state index is -1.92. The molecule has 1 heterocycles. The number of aliphatic hydroxyl groups is 1. The molecule has 0 fully saturated rings. The molecule has 0 saturated heterocycles. The molecule has 1 amide bonds. The fraction of sp³-hybridized carbons (Fsp3) is 0.138. The number of aromatic nitrogens is 1. The van der Waals surface area contributed by atoms with E-state index in [9.17, 15) is 19.8 Å². The van der Waals surface area contributed by atoms with E-state index >= 15 is 0 Å². The van der Waals surface area contributed by atoms with Crippen molar-refractivity contribution in [3.8, 4) is 5.69 Å². The van der Waals surface area contributed by atoms with E-state index in [0.29, 0.717) is 11.1 Å². The average molecular weight is 482 g/mol. The smallest absolute Gasteiger partial charge is 0.335 e. The molecule has 0 unspecified atom stereocenters. The molecule has 0 spiro atoms. The molecule has 0 aliphatic carbocycles. The summed E-state index contributed by atoms with van der Waals surface area (Å²) >= 11 is 0. The van der Waals surface area contributed by atoms with E-state index in [-0.39, 0.29) is 5.56 Å². The summed E-state index contributed by atoms with van der Waals surface area (Å²) in [6.07, 6.45) is 1.54. The van der Waals surface area contributed by atoms with Crippen LogP contribution in [0.2, 0.25) is 0 Å². The zero-order chi connectivity index (χ0) is 25.9. The first-order valence-electron chi connectivity index (χ1n) is 11.4. The quantitative estimate of drug-likeness (QED) is 0.267. The van der Waals surface area contributed by atoms with Gasteiger partial charge < -0.3 is 14.8 Å². The highest BCUT2D eigenvalue weighted by atomic mass is 16.4. The number of hydrogen-bond acceptors (Lipinski definition) is 4. The van der Waals surface area contributed by atoms with E-state index in [1.807, 2.05) is 43.5 Å². The normalized spacial score (nSPS) is 11.6. The Hall–Kier alpha value is -4.49. The van der Waals surface area contributed by atoms with Crippen molar-refractivity contribution in [3.63, 3.8) is 0 Å². The predicted octanol–water partition coefficient (Wildman–Crippen LogP) is 4.49. The SMILES string of the molecule is Cc1cc(C(=O)O)ccc1-n1c(C)cc(/C=N/NC(=O)C(O)(c2ccccc2)c2ccccc2)c1C. The Labute approximate surface area is 209 Å². The zero-order valence-electron chi connectivity index (χ0n) is 20.3. The minimum absolute atomic E-state index is 0.229. The number of nitrogens with zero attached hydrogens (tertiary/aromatic N) is 2. The number of carboxylic acids is 1. The number of hydrazone groups is 1. The van der Waals surface area contributed by atoms with Gasteiger partial charge in [-0.25, -0.2) is 10.2 Å². The largest absolute Gasteiger partial charge is 0.478 e. The number of hydrogen-bond donors (Lipinski definition) is 3. The fourth-order valence-corrected chi connectivity index (χ4v) is 4.36. The standard InChI is InChI=1S/C29H27N3O4/c1-19-16-22(27(33)34)14-15-26(19)32-20(2)17-23(21(32)3)18-30-31-28(35)29(36,24-10-6-4-7-11-24)25-12-8-5-9-13-25/h4-18,36H,1-3H3,(H,31,35)(H,33,34)/b30-18+. The number of nitrogens with one attached hydrogen (secondary N) is 1. The third-order valence-corrected chi connectivity index (χ3v) is 6.24. The number of carbonyl (C=O) groups excluding carboxylic acids is 1. The summed E-state index contributed by atoms with van der Waals surface area (Å²) in [6.45, 7) is 5.73. The van der Waals surface area contributed by atoms with Crippen molar-refractivity contribution in [1.82, 2.24) is 9.99 Å². The van der Waals surface area contributed by atoms with Gasteiger partial charge in [0.15, 0.2) is 5.60 Å². The van der Waals surface area contributed by atoms with Crippen LogP contribution in [0, 0.1) is 20.8 Å². The van der Waals surface area contributed by atoms with Gasteiger partial charge in [0.2, 0.25) is 0 Å². The van der Waals surface area contributed by atoms with Crippen LogP contribution < -0.4 is 5.43 Å². The van der Waals surface area contributed by atoms with Crippen LogP contribution in [0.5, 0.6) is 0 Å². The van der Waals surface area contributed by atoms with Crippen LogP contribution in [-0.4, -0.2) is 32.9 Å². The average Bonchev–Trinajstić information content (AvgIpc) is 3.16. The predicted molar refractivity (Wildman–Crippen MR) is 139 cm³/mol. The van der Waals surface area contributed by atoms with E-state index in [1.54, 1.807) is 66.7 Å². The number of rotatable bonds is 7. The van der Waals surface area contributed by atoms with Crippen LogP contribution in [0.25, 0.3) is 5.69 Å². The molecule has 7 nitrogen and oxygen atoms in total. The van der Waals surface area contributed by atoms with Crippen molar-refractivity contribution in [3.05, 3.63) is 124 Å². The van der Waals surface area contributed by atoms with E-state index in [2.05, 4.69) is 10.5 Å². The molecular formula is C29H27N3O4. The molecule has 0 aliphatic heterocycles. The topological polar surface area (TPSA) is 104 Å². The van der Waals surface area contributed by atoms with Crippen LogP contribution in [0.3, 0.4) is 0 Å². The highest BCUT2D eigenvalue weighted by molar-refractivity contribution is 5.91. The summed E-state index contributed by atoms with van der Waals surface area (Å²) in [5, 5.41) is 24.9. The lowest BCUT2D eigenvalue weighted by Gasteiger charge is -2.27. The Bertz CT molecular complexity index is 1400. The zero-order valence-corrected chi connectivity index (χ0v) is 20.3. The molecule has 182 valence electrons. The van der Waals surface area contributed by atoms with Gasteiger partial charge in [-0.05, 0) is 61.7 Å². The number of aryl methyl sites for hydroxylation is 2. The second kappa shape index (κ2) is 10.0.